The summed E-state index contributed by atoms with van der Waals surface area (Å²) in [4.78, 5) is 73.1. The maximum Gasteiger partial charge on any atom is 0.414 e. The quantitative estimate of drug-likeness (QED) is 0.293. The fourth-order valence-corrected chi connectivity index (χ4v) is 7.22. The van der Waals surface area contributed by atoms with Crippen molar-refractivity contribution in [3.63, 3.8) is 0 Å². The van der Waals surface area contributed by atoms with E-state index in [-0.39, 0.29) is 73.3 Å². The number of halogens is 2. The number of nitrogens with two attached hydrogens (primary N) is 1. The monoisotopic (exact) mass is 708 g/mol. The van der Waals surface area contributed by atoms with E-state index in [1.807, 2.05) is 4.90 Å². The number of carboxylic acids is 1. The Kier molecular flexibility index (Phi) is 8.99. The van der Waals surface area contributed by atoms with Gasteiger partial charge in [0, 0.05) is 64.3 Å². The largest absolute Gasteiger partial charge is 0.477 e. The zero-order chi connectivity index (χ0) is 36.1. The molecular weight excluding hydrogens is 670 g/mol. The molecule has 3 saturated heterocycles. The van der Waals surface area contributed by atoms with Gasteiger partial charge in [0.25, 0.3) is 0 Å². The van der Waals surface area contributed by atoms with Gasteiger partial charge >= 0.3 is 12.1 Å². The molecule has 1 aromatic carbocycles. The summed E-state index contributed by atoms with van der Waals surface area (Å²) in [6, 6.07) is 5.48. The molecule has 15 nitrogen and oxygen atoms in total. The number of amides is 3. The number of aromatic nitrogens is 2. The molecular formula is C34H38F2N8O7. The fraction of sp³-hybridized carbons (Fsp3) is 0.471. The van der Waals surface area contributed by atoms with Gasteiger partial charge in [0.15, 0.2) is 11.6 Å². The van der Waals surface area contributed by atoms with E-state index in [4.69, 9.17) is 10.5 Å². The second kappa shape index (κ2) is 13.4. The van der Waals surface area contributed by atoms with Gasteiger partial charge in [-0.2, -0.15) is 0 Å². The fourth-order valence-electron chi connectivity index (χ4n) is 7.22. The SMILES string of the molecule is CC(=O)NCC1CN(c2ccc(N3CCN(C(=O)[C@@H]4CN(c5nc6c(cc5F)c(=O)c(C(=O)O)cn6C5CC5)C[C@H]4CN)CC3)c(F)c2)C(=O)O1. The van der Waals surface area contributed by atoms with Gasteiger partial charge in [0.05, 0.1) is 35.8 Å². The number of fused-ring (bicyclic) bond motifs is 1. The third-order valence-corrected chi connectivity index (χ3v) is 10.1. The first-order valence-electron chi connectivity index (χ1n) is 16.9. The van der Waals surface area contributed by atoms with Crippen molar-refractivity contribution in [2.75, 3.05) is 73.6 Å². The molecule has 1 aliphatic carbocycles. The predicted molar refractivity (Wildman–Crippen MR) is 181 cm³/mol. The first-order valence-corrected chi connectivity index (χ1v) is 16.9. The van der Waals surface area contributed by atoms with Gasteiger partial charge in [-0.25, -0.2) is 23.4 Å². The van der Waals surface area contributed by atoms with Crippen molar-refractivity contribution in [2.24, 2.45) is 17.6 Å². The molecule has 2 aromatic heterocycles. The lowest BCUT2D eigenvalue weighted by Crippen LogP contribution is -2.52. The number of aromatic carboxylic acids is 1. The van der Waals surface area contributed by atoms with E-state index >= 15 is 8.78 Å². The third kappa shape index (κ3) is 6.53. The summed E-state index contributed by atoms with van der Waals surface area (Å²) in [5, 5.41) is 12.0. The predicted octanol–water partition coefficient (Wildman–Crippen LogP) is 1.53. The van der Waals surface area contributed by atoms with E-state index < -0.39 is 46.7 Å². The molecule has 0 radical (unpaired) electrons. The van der Waals surface area contributed by atoms with Gasteiger partial charge < -0.3 is 40.2 Å². The summed E-state index contributed by atoms with van der Waals surface area (Å²) in [6.07, 6.45) is 1.66. The van der Waals surface area contributed by atoms with Crippen LogP contribution < -0.4 is 31.2 Å². The number of hydrogen-bond acceptors (Lipinski definition) is 10. The van der Waals surface area contributed by atoms with Gasteiger partial charge in [-0.1, -0.05) is 0 Å². The Morgan fingerprint density at radius 3 is 2.41 bits per heavy atom. The minimum absolute atomic E-state index is 0.0256. The lowest BCUT2D eigenvalue weighted by atomic mass is 9.94. The average molecular weight is 709 g/mol. The van der Waals surface area contributed by atoms with Crippen molar-refractivity contribution >= 4 is 52.1 Å². The van der Waals surface area contributed by atoms with E-state index in [1.165, 1.54) is 24.1 Å². The molecule has 0 spiro atoms. The van der Waals surface area contributed by atoms with E-state index in [0.717, 1.165) is 18.9 Å². The molecule has 17 heteroatoms. The van der Waals surface area contributed by atoms with Crippen LogP contribution >= 0.6 is 0 Å². The number of hydrogen-bond donors (Lipinski definition) is 3. The first kappa shape index (κ1) is 34.1. The Morgan fingerprint density at radius 1 is 1.02 bits per heavy atom. The number of piperazine rings is 1. The van der Waals surface area contributed by atoms with Gasteiger partial charge in [-0.15, -0.1) is 0 Å². The number of nitrogens with zero attached hydrogens (tertiary/aromatic N) is 6. The number of anilines is 3. The molecule has 270 valence electrons. The van der Waals surface area contributed by atoms with Crippen molar-refractivity contribution in [3.8, 4) is 0 Å². The van der Waals surface area contributed by atoms with Crippen molar-refractivity contribution in [3.05, 3.63) is 57.9 Å². The molecule has 5 heterocycles. The van der Waals surface area contributed by atoms with E-state index in [1.54, 1.807) is 26.5 Å². The first-order chi connectivity index (χ1) is 24.4. The Balaban J connectivity index is 1.02. The second-order valence-corrected chi connectivity index (χ2v) is 13.5. The maximum absolute atomic E-state index is 15.6. The zero-order valence-corrected chi connectivity index (χ0v) is 27.9. The molecule has 1 unspecified atom stereocenters. The van der Waals surface area contributed by atoms with Crippen LogP contribution in [0.3, 0.4) is 0 Å². The van der Waals surface area contributed by atoms with Gasteiger partial charge in [-0.05, 0) is 43.7 Å². The molecule has 1 saturated carbocycles. The molecule has 7 rings (SSSR count). The van der Waals surface area contributed by atoms with E-state index in [9.17, 15) is 29.1 Å². The minimum Gasteiger partial charge on any atom is -0.477 e. The molecule has 4 fully saturated rings. The van der Waals surface area contributed by atoms with Crippen LogP contribution in [0.15, 0.2) is 35.3 Å². The number of carbonyl (C=O) groups is 4. The van der Waals surface area contributed by atoms with Crippen LogP contribution in [-0.2, 0) is 14.3 Å². The summed E-state index contributed by atoms with van der Waals surface area (Å²) in [5.74, 6) is -3.98. The summed E-state index contributed by atoms with van der Waals surface area (Å²) >= 11 is 0. The topological polar surface area (TPSA) is 184 Å². The van der Waals surface area contributed by atoms with E-state index in [0.29, 0.717) is 37.6 Å². The number of nitrogens with one attached hydrogen (secondary N) is 1. The van der Waals surface area contributed by atoms with Gasteiger partial charge in [-0.3, -0.25) is 19.3 Å². The van der Waals surface area contributed by atoms with Crippen LogP contribution in [0.2, 0.25) is 0 Å². The van der Waals surface area contributed by atoms with Crippen molar-refractivity contribution in [2.45, 2.75) is 31.9 Å². The number of carboxylic acid groups (broad SMARTS) is 1. The van der Waals surface area contributed by atoms with Crippen LogP contribution in [0, 0.1) is 23.5 Å². The molecule has 3 aromatic rings. The smallest absolute Gasteiger partial charge is 0.414 e. The van der Waals surface area contributed by atoms with Crippen molar-refractivity contribution in [1.29, 1.82) is 0 Å². The Bertz CT molecular complexity index is 1980. The highest BCUT2D eigenvalue weighted by molar-refractivity contribution is 5.92. The maximum atomic E-state index is 15.6. The van der Waals surface area contributed by atoms with Gasteiger partial charge in [0.2, 0.25) is 17.2 Å². The molecule has 3 atom stereocenters. The average Bonchev–Trinajstić information content (AvgIpc) is 3.75. The van der Waals surface area contributed by atoms with E-state index in [2.05, 4.69) is 10.3 Å². The van der Waals surface area contributed by atoms with Gasteiger partial charge in [0.1, 0.15) is 23.1 Å². The van der Waals surface area contributed by atoms with Crippen LogP contribution in [0.25, 0.3) is 11.0 Å². The number of rotatable bonds is 9. The number of carbonyl (C=O) groups excluding carboxylic acids is 3. The molecule has 4 N–H and O–H groups in total. The highest BCUT2D eigenvalue weighted by Crippen LogP contribution is 2.38. The Morgan fingerprint density at radius 2 is 1.76 bits per heavy atom. The third-order valence-electron chi connectivity index (χ3n) is 10.1. The molecule has 0 bridgehead atoms. The second-order valence-electron chi connectivity index (χ2n) is 13.5. The minimum atomic E-state index is -1.39. The van der Waals surface area contributed by atoms with Crippen molar-refractivity contribution in [1.82, 2.24) is 19.8 Å². The molecule has 3 amide bonds. The Hall–Kier alpha value is -5.32. The summed E-state index contributed by atoms with van der Waals surface area (Å²) in [6.45, 7) is 3.62. The summed E-state index contributed by atoms with van der Waals surface area (Å²) < 4.78 is 37.9. The van der Waals surface area contributed by atoms with Crippen LogP contribution in [0.5, 0.6) is 0 Å². The standard InChI is InChI=1S/C34H38F2N8O7/c1-18(45)38-13-22-15-44(34(50)51-22)21-4-5-28(26(35)10-21)40-6-8-41(9-7-40)32(47)24-16-42(14-19(24)12-37)31-27(36)11-23-29(46)25(33(48)49)17-43(20-2-3-20)30(23)39-31/h4-5,10-11,17,19-20,22,24H,2-3,6-9,12-16,37H2,1H3,(H,38,45)(H,48,49)/t19-,22?,24-/m1/s1. The van der Waals surface area contributed by atoms with Crippen molar-refractivity contribution < 1.29 is 37.8 Å². The molecule has 3 aliphatic heterocycles. The number of pyridine rings is 2. The number of ether oxygens (including phenoxy) is 1. The zero-order valence-electron chi connectivity index (χ0n) is 27.9. The number of cyclic esters (lactones) is 1. The Labute approximate surface area is 290 Å². The number of benzene rings is 1. The van der Waals surface area contributed by atoms with Crippen LogP contribution in [0.4, 0.5) is 30.8 Å². The highest BCUT2D eigenvalue weighted by atomic mass is 19.1. The van der Waals surface area contributed by atoms with Crippen LogP contribution in [0.1, 0.15) is 36.2 Å². The lowest BCUT2D eigenvalue weighted by Gasteiger charge is -2.38. The summed E-state index contributed by atoms with van der Waals surface area (Å²) in [5.41, 5.74) is 5.72. The normalized spacial score (nSPS) is 22.1. The summed E-state index contributed by atoms with van der Waals surface area (Å²) in [7, 11) is 0. The molecule has 51 heavy (non-hydrogen) atoms. The highest BCUT2D eigenvalue weighted by Gasteiger charge is 2.41. The van der Waals surface area contributed by atoms with Crippen LogP contribution in [-0.4, -0.2) is 108 Å². The lowest BCUT2D eigenvalue weighted by molar-refractivity contribution is -0.136. The molecule has 4 aliphatic rings.